The van der Waals surface area contributed by atoms with E-state index in [0.29, 0.717) is 11.1 Å². The van der Waals surface area contributed by atoms with Crippen molar-refractivity contribution in [2.24, 2.45) is 7.05 Å². The lowest BCUT2D eigenvalue weighted by Crippen LogP contribution is -2.24. The van der Waals surface area contributed by atoms with Crippen molar-refractivity contribution in [3.05, 3.63) is 53.3 Å². The highest BCUT2D eigenvalue weighted by atomic mass is 32.2. The second-order valence-corrected chi connectivity index (χ2v) is 6.39. The van der Waals surface area contributed by atoms with Gasteiger partial charge in [-0.3, -0.25) is 4.68 Å². The second kappa shape index (κ2) is 6.17. The van der Waals surface area contributed by atoms with Crippen LogP contribution < -0.4 is 4.72 Å². The number of nitrogens with one attached hydrogen (secondary N) is 1. The molecule has 1 aromatic heterocycles. The van der Waals surface area contributed by atoms with Gasteiger partial charge in [-0.05, 0) is 11.1 Å². The highest BCUT2D eigenvalue weighted by Gasteiger charge is 2.12. The number of sulfonamides is 1. The molecule has 108 valence electrons. The van der Waals surface area contributed by atoms with E-state index in [1.54, 1.807) is 48.4 Å². The van der Waals surface area contributed by atoms with Crippen LogP contribution in [0.25, 0.3) is 0 Å². The quantitative estimate of drug-likeness (QED) is 0.814. The zero-order chi connectivity index (χ0) is 14.6. The first kappa shape index (κ1) is 14.7. The number of rotatable bonds is 6. The van der Waals surface area contributed by atoms with Gasteiger partial charge in [0.2, 0.25) is 10.0 Å². The molecule has 0 aliphatic rings. The molecule has 0 atom stereocenters. The van der Waals surface area contributed by atoms with Gasteiger partial charge in [0.15, 0.2) is 0 Å². The van der Waals surface area contributed by atoms with Crippen LogP contribution in [0.1, 0.15) is 16.7 Å². The van der Waals surface area contributed by atoms with Crippen LogP contribution in [0.4, 0.5) is 0 Å². The molecule has 0 unspecified atom stereocenters. The number of nitrogens with zero attached hydrogens (tertiary/aromatic N) is 2. The predicted molar refractivity (Wildman–Crippen MR) is 75.0 cm³/mol. The standard InChI is InChI=1S/C13H17N3O3S/c1-16-8-13(6-14-16)7-15-20(18,19)10-12-4-2-3-11(5-12)9-17/h2-6,8,15,17H,7,9-10H2,1H3. The lowest BCUT2D eigenvalue weighted by molar-refractivity contribution is 0.282. The summed E-state index contributed by atoms with van der Waals surface area (Å²) in [7, 11) is -1.64. The van der Waals surface area contributed by atoms with Gasteiger partial charge in [0.05, 0.1) is 18.6 Å². The summed E-state index contributed by atoms with van der Waals surface area (Å²) in [6.07, 6.45) is 3.38. The number of hydrogen-bond acceptors (Lipinski definition) is 4. The molecule has 0 aliphatic heterocycles. The number of aliphatic hydroxyl groups is 1. The van der Waals surface area contributed by atoms with Gasteiger partial charge in [-0.1, -0.05) is 24.3 Å². The van der Waals surface area contributed by atoms with Crippen molar-refractivity contribution in [3.8, 4) is 0 Å². The average molecular weight is 295 g/mol. The minimum atomic E-state index is -3.42. The van der Waals surface area contributed by atoms with Gasteiger partial charge < -0.3 is 5.11 Å². The van der Waals surface area contributed by atoms with Crippen molar-refractivity contribution in [1.82, 2.24) is 14.5 Å². The first-order valence-electron chi connectivity index (χ1n) is 6.12. The fraction of sp³-hybridized carbons (Fsp3) is 0.308. The Morgan fingerprint density at radius 1 is 1.30 bits per heavy atom. The number of aliphatic hydroxyl groups excluding tert-OH is 1. The van der Waals surface area contributed by atoms with Gasteiger partial charge in [0, 0.05) is 25.4 Å². The van der Waals surface area contributed by atoms with E-state index in [2.05, 4.69) is 9.82 Å². The SMILES string of the molecule is Cn1cc(CNS(=O)(=O)Cc2cccc(CO)c2)cn1. The first-order chi connectivity index (χ1) is 9.48. The number of aryl methyl sites for hydroxylation is 1. The Morgan fingerprint density at radius 3 is 2.70 bits per heavy atom. The van der Waals surface area contributed by atoms with Gasteiger partial charge in [-0.2, -0.15) is 5.10 Å². The van der Waals surface area contributed by atoms with Crippen LogP contribution in [-0.4, -0.2) is 23.3 Å². The van der Waals surface area contributed by atoms with Crippen molar-refractivity contribution in [2.75, 3.05) is 0 Å². The molecule has 0 fully saturated rings. The Morgan fingerprint density at radius 2 is 2.05 bits per heavy atom. The molecule has 0 saturated heterocycles. The van der Waals surface area contributed by atoms with Crippen molar-refractivity contribution >= 4 is 10.0 Å². The van der Waals surface area contributed by atoms with E-state index in [1.165, 1.54) is 0 Å². The molecule has 0 bridgehead atoms. The van der Waals surface area contributed by atoms with E-state index < -0.39 is 10.0 Å². The Kier molecular flexibility index (Phi) is 4.53. The zero-order valence-corrected chi connectivity index (χ0v) is 12.0. The number of benzene rings is 1. The van der Waals surface area contributed by atoms with Crippen LogP contribution in [0.5, 0.6) is 0 Å². The van der Waals surface area contributed by atoms with E-state index in [-0.39, 0.29) is 18.9 Å². The molecule has 1 heterocycles. The fourth-order valence-electron chi connectivity index (χ4n) is 1.84. The van der Waals surface area contributed by atoms with E-state index in [0.717, 1.165) is 5.56 Å². The largest absolute Gasteiger partial charge is 0.392 e. The average Bonchev–Trinajstić information content (AvgIpc) is 2.82. The lowest BCUT2D eigenvalue weighted by atomic mass is 10.1. The van der Waals surface area contributed by atoms with Gasteiger partial charge in [0.1, 0.15) is 0 Å². The maximum absolute atomic E-state index is 12.0. The fourth-order valence-corrected chi connectivity index (χ4v) is 2.95. The highest BCUT2D eigenvalue weighted by Crippen LogP contribution is 2.09. The third-order valence-corrected chi connectivity index (χ3v) is 4.08. The predicted octanol–water partition coefficient (Wildman–Crippen LogP) is 0.532. The summed E-state index contributed by atoms with van der Waals surface area (Å²) in [5, 5.41) is 13.0. The summed E-state index contributed by atoms with van der Waals surface area (Å²) in [5.41, 5.74) is 2.15. The molecule has 6 nitrogen and oxygen atoms in total. The van der Waals surface area contributed by atoms with Crippen molar-refractivity contribution in [3.63, 3.8) is 0 Å². The molecule has 7 heteroatoms. The second-order valence-electron chi connectivity index (χ2n) is 4.58. The summed E-state index contributed by atoms with van der Waals surface area (Å²) < 4.78 is 28.1. The molecular formula is C13H17N3O3S. The topological polar surface area (TPSA) is 84.2 Å². The summed E-state index contributed by atoms with van der Waals surface area (Å²) in [5.74, 6) is -0.110. The van der Waals surface area contributed by atoms with Crippen LogP contribution >= 0.6 is 0 Å². The van der Waals surface area contributed by atoms with Crippen molar-refractivity contribution in [2.45, 2.75) is 18.9 Å². The van der Waals surface area contributed by atoms with Crippen LogP contribution in [0.2, 0.25) is 0 Å². The summed E-state index contributed by atoms with van der Waals surface area (Å²) in [6.45, 7) is 0.118. The van der Waals surface area contributed by atoms with Crippen LogP contribution in [0.15, 0.2) is 36.7 Å². The minimum absolute atomic E-state index is 0.100. The molecule has 20 heavy (non-hydrogen) atoms. The van der Waals surface area contributed by atoms with Gasteiger partial charge in [-0.15, -0.1) is 0 Å². The molecule has 1 aromatic carbocycles. The summed E-state index contributed by atoms with van der Waals surface area (Å²) in [4.78, 5) is 0. The molecule has 2 N–H and O–H groups in total. The molecule has 0 aliphatic carbocycles. The van der Waals surface area contributed by atoms with Crippen LogP contribution in [0, 0.1) is 0 Å². The highest BCUT2D eigenvalue weighted by molar-refractivity contribution is 7.88. The van der Waals surface area contributed by atoms with E-state index in [9.17, 15) is 8.42 Å². The van der Waals surface area contributed by atoms with Crippen LogP contribution in [-0.2, 0) is 36.0 Å². The van der Waals surface area contributed by atoms with Gasteiger partial charge >= 0.3 is 0 Å². The molecule has 0 amide bonds. The normalized spacial score (nSPS) is 11.7. The minimum Gasteiger partial charge on any atom is -0.392 e. The molecule has 0 spiro atoms. The number of aromatic nitrogens is 2. The molecule has 0 radical (unpaired) electrons. The lowest BCUT2D eigenvalue weighted by Gasteiger charge is -2.06. The zero-order valence-electron chi connectivity index (χ0n) is 11.2. The third kappa shape index (κ3) is 4.16. The molecule has 0 saturated carbocycles. The molecule has 2 aromatic rings. The maximum Gasteiger partial charge on any atom is 0.216 e. The van der Waals surface area contributed by atoms with Crippen LogP contribution in [0.3, 0.4) is 0 Å². The molecular weight excluding hydrogens is 278 g/mol. The Balaban J connectivity index is 1.99. The summed E-state index contributed by atoms with van der Waals surface area (Å²) in [6, 6.07) is 6.89. The molecule has 2 rings (SSSR count). The third-order valence-electron chi connectivity index (χ3n) is 2.79. The Labute approximate surface area is 118 Å². The maximum atomic E-state index is 12.0. The Bertz CT molecular complexity index is 680. The van der Waals surface area contributed by atoms with Crippen molar-refractivity contribution < 1.29 is 13.5 Å². The van der Waals surface area contributed by atoms with E-state index >= 15 is 0 Å². The summed E-state index contributed by atoms with van der Waals surface area (Å²) >= 11 is 0. The number of hydrogen-bond donors (Lipinski definition) is 2. The Hall–Kier alpha value is -1.70. The van der Waals surface area contributed by atoms with E-state index in [4.69, 9.17) is 5.11 Å². The smallest absolute Gasteiger partial charge is 0.216 e. The van der Waals surface area contributed by atoms with Gasteiger partial charge in [0.25, 0.3) is 0 Å². The van der Waals surface area contributed by atoms with Crippen molar-refractivity contribution in [1.29, 1.82) is 0 Å². The first-order valence-corrected chi connectivity index (χ1v) is 7.77. The van der Waals surface area contributed by atoms with E-state index in [1.807, 2.05) is 0 Å². The monoisotopic (exact) mass is 295 g/mol. The van der Waals surface area contributed by atoms with Gasteiger partial charge in [-0.25, -0.2) is 13.1 Å².